The van der Waals surface area contributed by atoms with Gasteiger partial charge in [-0.15, -0.1) is 11.6 Å². The number of methoxy groups -OCH3 is 1. The Morgan fingerprint density at radius 3 is 2.64 bits per heavy atom. The van der Waals surface area contributed by atoms with Crippen molar-refractivity contribution in [1.82, 2.24) is 5.32 Å². The summed E-state index contributed by atoms with van der Waals surface area (Å²) in [5.74, 6) is -0.453. The number of nitrogens with one attached hydrogen (secondary N) is 1. The molecule has 0 aliphatic rings. The summed E-state index contributed by atoms with van der Waals surface area (Å²) in [5, 5.41) is 2.34. The molecular weight excluding hydrogens is 170 g/mol. The van der Waals surface area contributed by atoms with Gasteiger partial charge >= 0.3 is 5.97 Å². The van der Waals surface area contributed by atoms with Crippen LogP contribution in [0.25, 0.3) is 0 Å². The molecule has 0 heterocycles. The number of amides is 1. The highest BCUT2D eigenvalue weighted by Crippen LogP contribution is 1.83. The molecule has 11 heavy (non-hydrogen) atoms. The monoisotopic (exact) mass is 179 g/mol. The molecule has 0 saturated carbocycles. The van der Waals surface area contributed by atoms with Gasteiger partial charge in [-0.3, -0.25) is 9.59 Å². The highest BCUT2D eigenvalue weighted by atomic mass is 35.5. The van der Waals surface area contributed by atoms with E-state index < -0.39 is 5.97 Å². The number of carbonyl (C=O) groups excluding carboxylic acids is 2. The molecule has 4 nitrogen and oxygen atoms in total. The molecule has 0 saturated heterocycles. The lowest BCUT2D eigenvalue weighted by molar-refractivity contribution is -0.141. The number of halogens is 1. The predicted molar refractivity (Wildman–Crippen MR) is 40.4 cm³/mol. The van der Waals surface area contributed by atoms with Crippen LogP contribution in [-0.2, 0) is 14.3 Å². The van der Waals surface area contributed by atoms with E-state index in [1.54, 1.807) is 0 Å². The van der Waals surface area contributed by atoms with Gasteiger partial charge in [0.1, 0.15) is 6.54 Å². The van der Waals surface area contributed by atoms with Crippen molar-refractivity contribution in [1.29, 1.82) is 0 Å². The zero-order chi connectivity index (χ0) is 8.69. The molecular formula is C6H10ClNO3. The van der Waals surface area contributed by atoms with Crippen LogP contribution in [-0.4, -0.2) is 31.4 Å². The molecule has 0 aliphatic carbocycles. The summed E-state index contributed by atoms with van der Waals surface area (Å²) in [7, 11) is 1.26. The second-order valence-corrected chi connectivity index (χ2v) is 2.17. The van der Waals surface area contributed by atoms with Gasteiger partial charge in [-0.1, -0.05) is 0 Å². The normalized spacial score (nSPS) is 8.91. The first-order valence-corrected chi connectivity index (χ1v) is 3.63. The Balaban J connectivity index is 3.38. The third-order valence-electron chi connectivity index (χ3n) is 0.979. The minimum atomic E-state index is -0.465. The van der Waals surface area contributed by atoms with Crippen LogP contribution in [0.5, 0.6) is 0 Å². The minimum absolute atomic E-state index is 0.0910. The summed E-state index contributed by atoms with van der Waals surface area (Å²) in [6.07, 6.45) is 0.221. The summed E-state index contributed by atoms with van der Waals surface area (Å²) in [4.78, 5) is 21.1. The van der Waals surface area contributed by atoms with Crippen LogP contribution in [0, 0.1) is 0 Å². The standard InChI is InChI=1S/C6H10ClNO3/c1-11-6(10)4-8-5(9)2-3-7/h2-4H2,1H3,(H,8,9). The van der Waals surface area contributed by atoms with E-state index in [4.69, 9.17) is 11.6 Å². The van der Waals surface area contributed by atoms with Crippen molar-refractivity contribution in [3.63, 3.8) is 0 Å². The van der Waals surface area contributed by atoms with Crippen molar-refractivity contribution in [3.05, 3.63) is 0 Å². The molecule has 0 aliphatic heterocycles. The SMILES string of the molecule is COC(=O)CNC(=O)CCCl. The Hall–Kier alpha value is -0.770. The molecule has 0 atom stereocenters. The lowest BCUT2D eigenvalue weighted by Crippen LogP contribution is -2.30. The van der Waals surface area contributed by atoms with E-state index in [1.807, 2.05) is 0 Å². The summed E-state index contributed by atoms with van der Waals surface area (Å²) in [6, 6.07) is 0. The number of hydrogen-bond acceptors (Lipinski definition) is 3. The average molecular weight is 180 g/mol. The highest BCUT2D eigenvalue weighted by Gasteiger charge is 2.03. The summed E-state index contributed by atoms with van der Waals surface area (Å²) in [5.41, 5.74) is 0. The summed E-state index contributed by atoms with van der Waals surface area (Å²) < 4.78 is 4.29. The van der Waals surface area contributed by atoms with E-state index in [0.29, 0.717) is 0 Å². The molecule has 0 radical (unpaired) electrons. The number of carbonyl (C=O) groups is 2. The molecule has 0 bridgehead atoms. The zero-order valence-electron chi connectivity index (χ0n) is 6.22. The van der Waals surface area contributed by atoms with E-state index in [0.717, 1.165) is 0 Å². The first kappa shape index (κ1) is 10.2. The third-order valence-corrected chi connectivity index (χ3v) is 1.17. The number of hydrogen-bond donors (Lipinski definition) is 1. The summed E-state index contributed by atoms with van der Waals surface area (Å²) >= 11 is 5.27. The minimum Gasteiger partial charge on any atom is -0.468 e. The fourth-order valence-electron chi connectivity index (χ4n) is 0.417. The fourth-order valence-corrected chi connectivity index (χ4v) is 0.589. The Labute approximate surface area is 69.9 Å². The molecule has 1 amide bonds. The smallest absolute Gasteiger partial charge is 0.325 e. The molecule has 0 aromatic carbocycles. The Morgan fingerprint density at radius 2 is 2.18 bits per heavy atom. The van der Waals surface area contributed by atoms with Crippen LogP contribution in [0.2, 0.25) is 0 Å². The van der Waals surface area contributed by atoms with Crippen LogP contribution in [0.1, 0.15) is 6.42 Å². The Kier molecular flexibility index (Phi) is 5.56. The Morgan fingerprint density at radius 1 is 1.55 bits per heavy atom. The van der Waals surface area contributed by atoms with Gasteiger partial charge in [0.15, 0.2) is 0 Å². The first-order chi connectivity index (χ1) is 5.20. The van der Waals surface area contributed by atoms with E-state index in [1.165, 1.54) is 7.11 Å². The number of rotatable bonds is 4. The maximum Gasteiger partial charge on any atom is 0.325 e. The predicted octanol–water partition coefficient (Wildman–Crippen LogP) is -0.0955. The third kappa shape index (κ3) is 5.66. The van der Waals surface area contributed by atoms with Gasteiger partial charge in [0, 0.05) is 12.3 Å². The van der Waals surface area contributed by atoms with Crippen molar-refractivity contribution in [3.8, 4) is 0 Å². The molecule has 0 aromatic rings. The second-order valence-electron chi connectivity index (χ2n) is 1.79. The lowest BCUT2D eigenvalue weighted by Gasteiger charge is -2.00. The van der Waals surface area contributed by atoms with Crippen LogP contribution in [0.15, 0.2) is 0 Å². The lowest BCUT2D eigenvalue weighted by atomic mass is 10.4. The summed E-state index contributed by atoms with van der Waals surface area (Å²) in [6.45, 7) is -0.0910. The first-order valence-electron chi connectivity index (χ1n) is 3.10. The van der Waals surface area contributed by atoms with Crippen LogP contribution in [0.3, 0.4) is 0 Å². The largest absolute Gasteiger partial charge is 0.468 e. The van der Waals surface area contributed by atoms with Gasteiger partial charge in [-0.25, -0.2) is 0 Å². The topological polar surface area (TPSA) is 55.4 Å². The van der Waals surface area contributed by atoms with Crippen LogP contribution >= 0.6 is 11.6 Å². The van der Waals surface area contributed by atoms with E-state index in [2.05, 4.69) is 10.1 Å². The van der Waals surface area contributed by atoms with Gasteiger partial charge in [-0.05, 0) is 0 Å². The second kappa shape index (κ2) is 5.97. The number of esters is 1. The molecule has 1 N–H and O–H groups in total. The molecule has 5 heteroatoms. The number of alkyl halides is 1. The zero-order valence-corrected chi connectivity index (χ0v) is 6.98. The highest BCUT2D eigenvalue weighted by molar-refractivity contribution is 6.18. The maximum atomic E-state index is 10.7. The quantitative estimate of drug-likeness (QED) is 0.485. The van der Waals surface area contributed by atoms with Crippen molar-refractivity contribution in [2.45, 2.75) is 6.42 Å². The van der Waals surface area contributed by atoms with E-state index in [9.17, 15) is 9.59 Å². The van der Waals surface area contributed by atoms with E-state index >= 15 is 0 Å². The van der Waals surface area contributed by atoms with Gasteiger partial charge < -0.3 is 10.1 Å². The van der Waals surface area contributed by atoms with Crippen LogP contribution < -0.4 is 5.32 Å². The Bertz CT molecular complexity index is 149. The van der Waals surface area contributed by atoms with Crippen LogP contribution in [0.4, 0.5) is 0 Å². The molecule has 0 unspecified atom stereocenters. The maximum absolute atomic E-state index is 10.7. The molecule has 0 aromatic heterocycles. The van der Waals surface area contributed by atoms with Crippen molar-refractivity contribution >= 4 is 23.5 Å². The van der Waals surface area contributed by atoms with Crippen molar-refractivity contribution in [2.75, 3.05) is 19.5 Å². The van der Waals surface area contributed by atoms with Gasteiger partial charge in [0.25, 0.3) is 0 Å². The van der Waals surface area contributed by atoms with Crippen molar-refractivity contribution < 1.29 is 14.3 Å². The van der Waals surface area contributed by atoms with Gasteiger partial charge in [0.05, 0.1) is 7.11 Å². The van der Waals surface area contributed by atoms with Gasteiger partial charge in [0.2, 0.25) is 5.91 Å². The van der Waals surface area contributed by atoms with Gasteiger partial charge in [-0.2, -0.15) is 0 Å². The average Bonchev–Trinajstić information content (AvgIpc) is 2.01. The molecule has 0 fully saturated rings. The van der Waals surface area contributed by atoms with E-state index in [-0.39, 0.29) is 24.8 Å². The molecule has 64 valence electrons. The molecule has 0 spiro atoms. The van der Waals surface area contributed by atoms with Crippen molar-refractivity contribution in [2.24, 2.45) is 0 Å². The fraction of sp³-hybridized carbons (Fsp3) is 0.667. The molecule has 0 rings (SSSR count). The number of ether oxygens (including phenoxy) is 1.